The summed E-state index contributed by atoms with van der Waals surface area (Å²) in [5, 5.41) is 12.0. The number of benzene rings is 3. The number of nitrogens with zero attached hydrogens (tertiary/aromatic N) is 3. The smallest absolute Gasteiger partial charge is 0.276 e. The summed E-state index contributed by atoms with van der Waals surface area (Å²) < 4.78 is 0.926. The SMILES string of the molecule is Cc1ccc(N2C(=O)C(=Cc3cccc(Br)c3)SC2=NN=C2C(=O)Nc3ccc(C)cc32)c(C)c1. The molecule has 1 N–H and O–H groups in total. The zero-order chi connectivity index (χ0) is 24.7. The zero-order valence-corrected chi connectivity index (χ0v) is 21.7. The van der Waals surface area contributed by atoms with Crippen LogP contribution >= 0.6 is 27.7 Å². The van der Waals surface area contributed by atoms with Crippen LogP contribution in [0.5, 0.6) is 0 Å². The van der Waals surface area contributed by atoms with Crippen molar-refractivity contribution in [3.05, 3.63) is 97.9 Å². The number of fused-ring (bicyclic) bond motifs is 1. The van der Waals surface area contributed by atoms with Gasteiger partial charge < -0.3 is 5.32 Å². The summed E-state index contributed by atoms with van der Waals surface area (Å²) in [6.45, 7) is 5.93. The van der Waals surface area contributed by atoms with Gasteiger partial charge in [0.2, 0.25) is 5.17 Å². The first-order valence-corrected chi connectivity index (χ1v) is 12.6. The summed E-state index contributed by atoms with van der Waals surface area (Å²) in [7, 11) is 0. The van der Waals surface area contributed by atoms with Crippen LogP contribution in [0.2, 0.25) is 0 Å². The van der Waals surface area contributed by atoms with E-state index in [1.165, 1.54) is 11.8 Å². The van der Waals surface area contributed by atoms with Crippen LogP contribution in [-0.2, 0) is 9.59 Å². The molecule has 0 saturated carbocycles. The maximum Gasteiger partial charge on any atom is 0.276 e. The summed E-state index contributed by atoms with van der Waals surface area (Å²) in [5.74, 6) is -0.500. The lowest BCUT2D eigenvalue weighted by Crippen LogP contribution is -2.29. The van der Waals surface area contributed by atoms with Crippen LogP contribution in [-0.4, -0.2) is 22.7 Å². The molecule has 2 aliphatic heterocycles. The van der Waals surface area contributed by atoms with Crippen LogP contribution in [0.3, 0.4) is 0 Å². The quantitative estimate of drug-likeness (QED) is 0.314. The molecule has 1 fully saturated rings. The molecule has 2 heterocycles. The number of aryl methyl sites for hydroxylation is 3. The highest BCUT2D eigenvalue weighted by Crippen LogP contribution is 2.38. The first-order valence-electron chi connectivity index (χ1n) is 10.9. The number of hydrogen-bond donors (Lipinski definition) is 1. The molecule has 0 bridgehead atoms. The minimum absolute atomic E-state index is 0.187. The number of thioether (sulfide) groups is 1. The van der Waals surface area contributed by atoms with Gasteiger partial charge in [-0.25, -0.2) is 0 Å². The number of anilines is 2. The molecule has 0 spiro atoms. The number of carbonyl (C=O) groups excluding carboxylic acids is 2. The van der Waals surface area contributed by atoms with Crippen molar-refractivity contribution in [2.24, 2.45) is 10.2 Å². The Morgan fingerprint density at radius 3 is 2.49 bits per heavy atom. The number of halogens is 1. The van der Waals surface area contributed by atoms with Crippen molar-refractivity contribution in [3.8, 4) is 0 Å². The Balaban J connectivity index is 1.60. The lowest BCUT2D eigenvalue weighted by molar-refractivity contribution is -0.113. The number of amidine groups is 1. The van der Waals surface area contributed by atoms with Gasteiger partial charge in [-0.15, -0.1) is 10.2 Å². The molecular formula is C27H21BrN4O2S. The topological polar surface area (TPSA) is 74.1 Å². The van der Waals surface area contributed by atoms with Gasteiger partial charge in [-0.3, -0.25) is 14.5 Å². The average Bonchev–Trinajstić information content (AvgIpc) is 3.28. The third-order valence-corrected chi connectivity index (χ3v) is 7.13. The summed E-state index contributed by atoms with van der Waals surface area (Å²) in [6.07, 6.45) is 1.84. The molecule has 174 valence electrons. The fourth-order valence-electron chi connectivity index (χ4n) is 4.02. The predicted octanol–water partition coefficient (Wildman–Crippen LogP) is 6.21. The number of hydrogen-bond acceptors (Lipinski definition) is 5. The molecule has 0 atom stereocenters. The molecule has 2 aliphatic rings. The lowest BCUT2D eigenvalue weighted by atomic mass is 10.1. The van der Waals surface area contributed by atoms with E-state index in [1.54, 1.807) is 4.90 Å². The molecule has 0 aromatic heterocycles. The first-order chi connectivity index (χ1) is 16.8. The van der Waals surface area contributed by atoms with Crippen LogP contribution in [0, 0.1) is 20.8 Å². The molecular weight excluding hydrogens is 524 g/mol. The van der Waals surface area contributed by atoms with Gasteiger partial charge in [0.25, 0.3) is 11.8 Å². The Morgan fingerprint density at radius 1 is 0.943 bits per heavy atom. The van der Waals surface area contributed by atoms with E-state index in [1.807, 2.05) is 87.5 Å². The fourth-order valence-corrected chi connectivity index (χ4v) is 5.36. The van der Waals surface area contributed by atoms with Crippen molar-refractivity contribution < 1.29 is 9.59 Å². The summed E-state index contributed by atoms with van der Waals surface area (Å²) in [6, 6.07) is 19.3. The third-order valence-electron chi connectivity index (χ3n) is 5.68. The molecule has 0 unspecified atom stereocenters. The van der Waals surface area contributed by atoms with E-state index in [9.17, 15) is 9.59 Å². The van der Waals surface area contributed by atoms with Gasteiger partial charge in [0.1, 0.15) is 0 Å². The van der Waals surface area contributed by atoms with E-state index in [2.05, 4.69) is 31.4 Å². The highest BCUT2D eigenvalue weighted by Gasteiger charge is 2.36. The minimum atomic E-state index is -0.313. The van der Waals surface area contributed by atoms with Crippen molar-refractivity contribution in [1.29, 1.82) is 0 Å². The van der Waals surface area contributed by atoms with E-state index in [4.69, 9.17) is 0 Å². The molecule has 2 amide bonds. The van der Waals surface area contributed by atoms with Crippen LogP contribution in [0.4, 0.5) is 11.4 Å². The van der Waals surface area contributed by atoms with Crippen molar-refractivity contribution in [2.75, 3.05) is 10.2 Å². The highest BCUT2D eigenvalue weighted by atomic mass is 79.9. The van der Waals surface area contributed by atoms with Crippen LogP contribution < -0.4 is 10.2 Å². The molecule has 3 aromatic rings. The molecule has 6 nitrogen and oxygen atoms in total. The third kappa shape index (κ3) is 4.59. The maximum atomic E-state index is 13.6. The van der Waals surface area contributed by atoms with Gasteiger partial charge in [-0.2, -0.15) is 0 Å². The largest absolute Gasteiger partial charge is 0.320 e. The lowest BCUT2D eigenvalue weighted by Gasteiger charge is -2.17. The Kier molecular flexibility index (Phi) is 6.17. The van der Waals surface area contributed by atoms with Crippen molar-refractivity contribution in [3.63, 3.8) is 0 Å². The molecule has 5 rings (SSSR count). The molecule has 0 aliphatic carbocycles. The van der Waals surface area contributed by atoms with Gasteiger partial charge in [0, 0.05) is 10.0 Å². The minimum Gasteiger partial charge on any atom is -0.320 e. The number of carbonyl (C=O) groups is 2. The fraction of sp³-hybridized carbons (Fsp3) is 0.111. The predicted molar refractivity (Wildman–Crippen MR) is 147 cm³/mol. The van der Waals surface area contributed by atoms with Crippen molar-refractivity contribution in [2.45, 2.75) is 20.8 Å². The van der Waals surface area contributed by atoms with Gasteiger partial charge >= 0.3 is 0 Å². The average molecular weight is 545 g/mol. The van der Waals surface area contributed by atoms with E-state index in [0.29, 0.717) is 21.3 Å². The normalized spacial score (nSPS) is 18.6. The van der Waals surface area contributed by atoms with E-state index in [-0.39, 0.29) is 17.5 Å². The van der Waals surface area contributed by atoms with Crippen molar-refractivity contribution in [1.82, 2.24) is 0 Å². The Bertz CT molecular complexity index is 1490. The monoisotopic (exact) mass is 544 g/mol. The van der Waals surface area contributed by atoms with E-state index >= 15 is 0 Å². The van der Waals surface area contributed by atoms with Gasteiger partial charge in [-0.1, -0.05) is 57.4 Å². The molecule has 1 saturated heterocycles. The van der Waals surface area contributed by atoms with Gasteiger partial charge in [-0.05, 0) is 80.1 Å². The number of amides is 2. The zero-order valence-electron chi connectivity index (χ0n) is 19.3. The number of rotatable bonds is 3. The Labute approximate surface area is 216 Å². The molecule has 0 radical (unpaired) electrons. The van der Waals surface area contributed by atoms with E-state index in [0.717, 1.165) is 32.4 Å². The van der Waals surface area contributed by atoms with E-state index < -0.39 is 0 Å². The summed E-state index contributed by atoms with van der Waals surface area (Å²) in [5.41, 5.74) is 6.33. The van der Waals surface area contributed by atoms with Crippen LogP contribution in [0.25, 0.3) is 6.08 Å². The summed E-state index contributed by atoms with van der Waals surface area (Å²) >= 11 is 4.72. The molecule has 35 heavy (non-hydrogen) atoms. The Morgan fingerprint density at radius 2 is 1.71 bits per heavy atom. The Hall–Kier alpha value is -3.49. The first kappa shape index (κ1) is 23.3. The molecule has 8 heteroatoms. The van der Waals surface area contributed by atoms with Crippen molar-refractivity contribution >= 4 is 67.8 Å². The summed E-state index contributed by atoms with van der Waals surface area (Å²) in [4.78, 5) is 28.2. The second-order valence-corrected chi connectivity index (χ2v) is 10.4. The van der Waals surface area contributed by atoms with Crippen LogP contribution in [0.15, 0.2) is 80.2 Å². The van der Waals surface area contributed by atoms with Gasteiger partial charge in [0.15, 0.2) is 5.71 Å². The van der Waals surface area contributed by atoms with Crippen LogP contribution in [0.1, 0.15) is 27.8 Å². The highest BCUT2D eigenvalue weighted by molar-refractivity contribution is 9.10. The number of nitrogens with one attached hydrogen (secondary N) is 1. The standard InChI is InChI=1S/C27H21BrN4O2S/c1-15-8-10-22(17(3)11-15)32-26(34)23(14-18-5-4-6-19(28)13-18)35-27(32)31-30-24-20-12-16(2)7-9-21(20)29-25(24)33/h4-14H,1-3H3,(H,29,30,33). The van der Waals surface area contributed by atoms with Gasteiger partial charge in [0.05, 0.1) is 16.3 Å². The second-order valence-electron chi connectivity index (χ2n) is 8.43. The molecule has 3 aromatic carbocycles. The second kappa shape index (κ2) is 9.28. The maximum absolute atomic E-state index is 13.6.